The van der Waals surface area contributed by atoms with E-state index in [2.05, 4.69) is 16.3 Å². The van der Waals surface area contributed by atoms with Crippen LogP contribution >= 0.6 is 0 Å². The van der Waals surface area contributed by atoms with Gasteiger partial charge in [0.15, 0.2) is 5.69 Å². The first-order chi connectivity index (χ1) is 5.75. The summed E-state index contributed by atoms with van der Waals surface area (Å²) < 4.78 is 4.67. The minimum absolute atomic E-state index is 0.0665. The van der Waals surface area contributed by atoms with E-state index in [9.17, 15) is 4.79 Å². The summed E-state index contributed by atoms with van der Waals surface area (Å²) in [7, 11) is 0. The summed E-state index contributed by atoms with van der Waals surface area (Å²) in [6, 6.07) is 1.38. The average molecular weight is 167 g/mol. The zero-order valence-corrected chi connectivity index (χ0v) is 6.41. The Hall–Kier alpha value is -1.71. The molecule has 0 saturated carbocycles. The predicted molar refractivity (Wildman–Crippen MR) is 42.9 cm³/mol. The summed E-state index contributed by atoms with van der Waals surface area (Å²) in [4.78, 5) is 13.6. The molecule has 0 unspecified atom stereocenters. The molecule has 0 aliphatic rings. The first-order valence-electron chi connectivity index (χ1n) is 3.40. The topological polar surface area (TPSA) is 62.3 Å². The number of hydrogen-bond donors (Lipinski definition) is 2. The van der Waals surface area contributed by atoms with Gasteiger partial charge < -0.3 is 14.8 Å². The average Bonchev–Trinajstić information content (AvgIpc) is 2.47. The van der Waals surface area contributed by atoms with Crippen LogP contribution in [0.25, 0.3) is 0 Å². The summed E-state index contributed by atoms with van der Waals surface area (Å²) >= 11 is 0. The molecule has 0 fully saturated rings. The highest BCUT2D eigenvalue weighted by molar-refractivity contribution is 5.90. The third-order valence-corrected chi connectivity index (χ3v) is 1.26. The lowest BCUT2D eigenvalue weighted by molar-refractivity contribution is 0.0540. The summed E-state index contributed by atoms with van der Waals surface area (Å²) in [6.45, 7) is 3.52. The maximum Gasteiger partial charge on any atom is 0.358 e. The number of rotatable bonds is 3. The third-order valence-electron chi connectivity index (χ3n) is 1.26. The zero-order valence-electron chi connectivity index (χ0n) is 6.41. The smallest absolute Gasteiger partial charge is 0.358 e. The van der Waals surface area contributed by atoms with E-state index in [1.165, 1.54) is 18.3 Å². The van der Waals surface area contributed by atoms with Crippen LogP contribution in [0, 0.1) is 0 Å². The van der Waals surface area contributed by atoms with E-state index in [1.807, 2.05) is 0 Å². The number of aromatic amines is 1. The zero-order chi connectivity index (χ0) is 8.97. The van der Waals surface area contributed by atoms with Gasteiger partial charge in [-0.05, 0) is 6.07 Å². The largest absolute Gasteiger partial charge is 0.505 e. The Morgan fingerprint density at radius 3 is 3.08 bits per heavy atom. The van der Waals surface area contributed by atoms with Crippen LogP contribution in [0.3, 0.4) is 0 Å². The maximum atomic E-state index is 11.0. The second-order valence-electron chi connectivity index (χ2n) is 2.13. The summed E-state index contributed by atoms with van der Waals surface area (Å²) in [6.07, 6.45) is 2.91. The molecule has 0 spiro atoms. The monoisotopic (exact) mass is 167 g/mol. The number of carbonyl (C=O) groups excluding carboxylic acids is 1. The number of esters is 1. The number of H-pyrrole nitrogens is 1. The Balaban J connectivity index is 2.65. The highest BCUT2D eigenvalue weighted by Crippen LogP contribution is 2.14. The van der Waals surface area contributed by atoms with E-state index in [0.717, 1.165) is 0 Å². The van der Waals surface area contributed by atoms with Crippen molar-refractivity contribution >= 4 is 5.97 Å². The molecule has 0 aliphatic carbocycles. The Bertz CT molecular complexity index is 290. The second-order valence-corrected chi connectivity index (χ2v) is 2.13. The van der Waals surface area contributed by atoms with Crippen molar-refractivity contribution in [1.82, 2.24) is 4.98 Å². The minimum atomic E-state index is -0.586. The van der Waals surface area contributed by atoms with Gasteiger partial charge in [-0.2, -0.15) is 0 Å². The fourth-order valence-electron chi connectivity index (χ4n) is 0.731. The molecule has 0 aliphatic heterocycles. The van der Waals surface area contributed by atoms with Crippen molar-refractivity contribution in [3.8, 4) is 5.75 Å². The van der Waals surface area contributed by atoms with E-state index in [4.69, 9.17) is 5.11 Å². The Labute approximate surface area is 69.5 Å². The lowest BCUT2D eigenvalue weighted by Gasteiger charge is -1.98. The van der Waals surface area contributed by atoms with Crippen molar-refractivity contribution in [2.45, 2.75) is 0 Å². The quantitative estimate of drug-likeness (QED) is 0.522. The van der Waals surface area contributed by atoms with Gasteiger partial charge in [0.2, 0.25) is 0 Å². The minimum Gasteiger partial charge on any atom is -0.505 e. The van der Waals surface area contributed by atoms with Crippen LogP contribution in [-0.4, -0.2) is 22.7 Å². The number of nitrogens with one attached hydrogen (secondary N) is 1. The van der Waals surface area contributed by atoms with Crippen LogP contribution in [0.15, 0.2) is 24.9 Å². The normalized spacial score (nSPS) is 9.33. The van der Waals surface area contributed by atoms with Crippen LogP contribution < -0.4 is 0 Å². The first kappa shape index (κ1) is 8.39. The van der Waals surface area contributed by atoms with Crippen molar-refractivity contribution in [2.75, 3.05) is 6.61 Å². The molecule has 1 heterocycles. The molecule has 0 bridgehead atoms. The number of ether oxygens (including phenoxy) is 1. The molecule has 0 atom stereocenters. The van der Waals surface area contributed by atoms with Crippen LogP contribution in [0.2, 0.25) is 0 Å². The van der Waals surface area contributed by atoms with Gasteiger partial charge in [0.05, 0.1) is 0 Å². The van der Waals surface area contributed by atoms with Gasteiger partial charge in [-0.15, -0.1) is 0 Å². The number of carbonyl (C=O) groups is 1. The molecule has 0 saturated heterocycles. The van der Waals surface area contributed by atoms with Gasteiger partial charge in [-0.1, -0.05) is 12.7 Å². The Morgan fingerprint density at radius 1 is 1.83 bits per heavy atom. The van der Waals surface area contributed by atoms with Gasteiger partial charge in [0.1, 0.15) is 12.4 Å². The molecule has 1 aromatic rings. The molecule has 64 valence electrons. The molecule has 0 radical (unpaired) electrons. The van der Waals surface area contributed by atoms with Crippen molar-refractivity contribution in [2.24, 2.45) is 0 Å². The third kappa shape index (κ3) is 1.66. The molecule has 2 N–H and O–H groups in total. The van der Waals surface area contributed by atoms with E-state index >= 15 is 0 Å². The van der Waals surface area contributed by atoms with Crippen molar-refractivity contribution < 1.29 is 14.6 Å². The van der Waals surface area contributed by atoms with Crippen molar-refractivity contribution in [1.29, 1.82) is 0 Å². The molecule has 0 amide bonds. The standard InChI is InChI=1S/C8H9NO3/c1-2-5-12-8(11)7-6(10)3-4-9-7/h2-4,9-10H,1,5H2. The SMILES string of the molecule is C=CCOC(=O)c1[nH]ccc1O. The molecule has 4 heteroatoms. The van der Waals surface area contributed by atoms with E-state index in [1.54, 1.807) is 0 Å². The first-order valence-corrected chi connectivity index (χ1v) is 3.40. The number of aromatic hydroxyl groups is 1. The van der Waals surface area contributed by atoms with E-state index < -0.39 is 5.97 Å². The van der Waals surface area contributed by atoms with Gasteiger partial charge in [-0.3, -0.25) is 0 Å². The fourth-order valence-corrected chi connectivity index (χ4v) is 0.731. The van der Waals surface area contributed by atoms with Crippen molar-refractivity contribution in [3.63, 3.8) is 0 Å². The van der Waals surface area contributed by atoms with Gasteiger partial charge >= 0.3 is 5.97 Å². The van der Waals surface area contributed by atoms with Gasteiger partial charge in [0, 0.05) is 6.20 Å². The summed E-state index contributed by atoms with van der Waals surface area (Å²) in [5.74, 6) is -0.693. The number of aromatic nitrogens is 1. The Morgan fingerprint density at radius 2 is 2.58 bits per heavy atom. The highest BCUT2D eigenvalue weighted by atomic mass is 16.5. The molecule has 1 rings (SSSR count). The van der Waals surface area contributed by atoms with Crippen LogP contribution in [0.5, 0.6) is 5.75 Å². The van der Waals surface area contributed by atoms with Gasteiger partial charge in [-0.25, -0.2) is 4.79 Å². The Kier molecular flexibility index (Phi) is 2.53. The molecular weight excluding hydrogens is 158 g/mol. The second kappa shape index (κ2) is 3.61. The summed E-state index contributed by atoms with van der Waals surface area (Å²) in [5.41, 5.74) is 0.0665. The van der Waals surface area contributed by atoms with Crippen LogP contribution in [0.1, 0.15) is 10.5 Å². The molecule has 4 nitrogen and oxygen atoms in total. The predicted octanol–water partition coefficient (Wildman–Crippen LogP) is 1.06. The van der Waals surface area contributed by atoms with E-state index in [0.29, 0.717) is 0 Å². The molecular formula is C8H9NO3. The summed E-state index contributed by atoms with van der Waals surface area (Å²) in [5, 5.41) is 9.06. The fraction of sp³-hybridized carbons (Fsp3) is 0.125. The highest BCUT2D eigenvalue weighted by Gasteiger charge is 2.12. The lowest BCUT2D eigenvalue weighted by atomic mass is 10.4. The molecule has 1 aromatic heterocycles. The lowest BCUT2D eigenvalue weighted by Crippen LogP contribution is -2.05. The van der Waals surface area contributed by atoms with Gasteiger partial charge in [0.25, 0.3) is 0 Å². The number of hydrogen-bond acceptors (Lipinski definition) is 3. The van der Waals surface area contributed by atoms with Crippen LogP contribution in [0.4, 0.5) is 0 Å². The van der Waals surface area contributed by atoms with E-state index in [-0.39, 0.29) is 18.1 Å². The molecule has 0 aromatic carbocycles. The van der Waals surface area contributed by atoms with Crippen LogP contribution in [-0.2, 0) is 4.74 Å². The maximum absolute atomic E-state index is 11.0. The molecule has 12 heavy (non-hydrogen) atoms. The van der Waals surface area contributed by atoms with Crippen molar-refractivity contribution in [3.05, 3.63) is 30.6 Å².